The molecular formula is C17H31NO. The molecule has 1 heterocycles. The van der Waals surface area contributed by atoms with Crippen LogP contribution in [0.2, 0.25) is 0 Å². The van der Waals surface area contributed by atoms with E-state index in [0.29, 0.717) is 11.5 Å². The summed E-state index contributed by atoms with van der Waals surface area (Å²) in [5.74, 6) is 0.962. The van der Waals surface area contributed by atoms with Gasteiger partial charge in [-0.25, -0.2) is 0 Å². The van der Waals surface area contributed by atoms with Gasteiger partial charge in [0.25, 0.3) is 0 Å². The van der Waals surface area contributed by atoms with E-state index in [0.717, 1.165) is 18.8 Å². The van der Waals surface area contributed by atoms with Crippen LogP contribution in [0.1, 0.15) is 71.1 Å². The van der Waals surface area contributed by atoms with Gasteiger partial charge in [-0.1, -0.05) is 26.2 Å². The fourth-order valence-corrected chi connectivity index (χ4v) is 5.12. The fourth-order valence-electron chi connectivity index (χ4n) is 5.12. The molecule has 2 unspecified atom stereocenters. The van der Waals surface area contributed by atoms with E-state index in [4.69, 9.17) is 0 Å². The minimum Gasteiger partial charge on any atom is -0.393 e. The van der Waals surface area contributed by atoms with E-state index in [1.165, 1.54) is 64.5 Å². The van der Waals surface area contributed by atoms with E-state index in [9.17, 15) is 5.11 Å². The van der Waals surface area contributed by atoms with Gasteiger partial charge in [-0.2, -0.15) is 0 Å². The summed E-state index contributed by atoms with van der Waals surface area (Å²) in [7, 11) is 0. The third-order valence-electron chi connectivity index (χ3n) is 6.44. The van der Waals surface area contributed by atoms with Crippen LogP contribution < -0.4 is 0 Å². The highest BCUT2D eigenvalue weighted by molar-refractivity contribution is 5.01. The average Bonchev–Trinajstić information content (AvgIpc) is 2.91. The van der Waals surface area contributed by atoms with Gasteiger partial charge in [0.15, 0.2) is 0 Å². The molecule has 0 aromatic heterocycles. The number of aliphatic hydroxyl groups is 1. The number of piperidine rings is 1. The van der Waals surface area contributed by atoms with Crippen LogP contribution in [0.5, 0.6) is 0 Å². The molecule has 2 saturated carbocycles. The van der Waals surface area contributed by atoms with Crippen LogP contribution in [0.4, 0.5) is 0 Å². The Morgan fingerprint density at radius 3 is 2.37 bits per heavy atom. The Kier molecular flexibility index (Phi) is 4.19. The minimum absolute atomic E-state index is 0.0277. The van der Waals surface area contributed by atoms with Crippen LogP contribution in [0.3, 0.4) is 0 Å². The summed E-state index contributed by atoms with van der Waals surface area (Å²) in [5, 5.41) is 10.1. The second-order valence-corrected chi connectivity index (χ2v) is 7.40. The number of hydrogen-bond donors (Lipinski definition) is 1. The standard InChI is InChI=1S/C17H31NO/c1-2-14-6-11-18(12-7-14)16-13-15(19)5-10-17(16)8-3-4-9-17/h14-16,19H,2-13H2,1H3. The molecule has 2 nitrogen and oxygen atoms in total. The van der Waals surface area contributed by atoms with Gasteiger partial charge in [0.05, 0.1) is 6.10 Å². The molecule has 1 aliphatic heterocycles. The van der Waals surface area contributed by atoms with Gasteiger partial charge in [0.1, 0.15) is 0 Å². The van der Waals surface area contributed by atoms with Crippen molar-refractivity contribution in [3.8, 4) is 0 Å². The molecule has 1 N–H and O–H groups in total. The summed E-state index contributed by atoms with van der Waals surface area (Å²) >= 11 is 0. The van der Waals surface area contributed by atoms with Crippen LogP contribution in [0, 0.1) is 11.3 Å². The maximum absolute atomic E-state index is 10.1. The first-order valence-corrected chi connectivity index (χ1v) is 8.65. The van der Waals surface area contributed by atoms with Crippen LogP contribution in [-0.2, 0) is 0 Å². The van der Waals surface area contributed by atoms with Crippen molar-refractivity contribution >= 4 is 0 Å². The van der Waals surface area contributed by atoms with Crippen molar-refractivity contribution in [3.63, 3.8) is 0 Å². The molecule has 2 heteroatoms. The lowest BCUT2D eigenvalue weighted by molar-refractivity contribution is -0.0379. The normalized spacial score (nSPS) is 36.9. The van der Waals surface area contributed by atoms with Crippen LogP contribution in [0.25, 0.3) is 0 Å². The Morgan fingerprint density at radius 2 is 1.74 bits per heavy atom. The third kappa shape index (κ3) is 2.71. The topological polar surface area (TPSA) is 23.5 Å². The molecule has 0 bridgehead atoms. The lowest BCUT2D eigenvalue weighted by Gasteiger charge is -2.50. The van der Waals surface area contributed by atoms with Gasteiger partial charge in [0, 0.05) is 6.04 Å². The molecule has 3 rings (SSSR count). The summed E-state index contributed by atoms with van der Waals surface area (Å²) in [4.78, 5) is 2.76. The summed E-state index contributed by atoms with van der Waals surface area (Å²) in [6.45, 7) is 4.92. The summed E-state index contributed by atoms with van der Waals surface area (Å²) < 4.78 is 0. The second kappa shape index (κ2) is 5.73. The highest BCUT2D eigenvalue weighted by Gasteiger charge is 2.47. The van der Waals surface area contributed by atoms with E-state index in [1.54, 1.807) is 0 Å². The molecule has 2 atom stereocenters. The van der Waals surface area contributed by atoms with Gasteiger partial charge in [-0.05, 0) is 69.4 Å². The third-order valence-corrected chi connectivity index (χ3v) is 6.44. The second-order valence-electron chi connectivity index (χ2n) is 7.40. The predicted octanol–water partition coefficient (Wildman–Crippen LogP) is 3.58. The fraction of sp³-hybridized carbons (Fsp3) is 1.00. The monoisotopic (exact) mass is 265 g/mol. The molecule has 110 valence electrons. The predicted molar refractivity (Wildman–Crippen MR) is 79.1 cm³/mol. The number of rotatable bonds is 2. The molecule has 0 aromatic rings. The van der Waals surface area contributed by atoms with Crippen molar-refractivity contribution in [2.24, 2.45) is 11.3 Å². The van der Waals surface area contributed by atoms with Gasteiger partial charge in [0.2, 0.25) is 0 Å². The Bertz CT molecular complexity index is 290. The van der Waals surface area contributed by atoms with Crippen molar-refractivity contribution in [1.82, 2.24) is 4.90 Å². The zero-order valence-corrected chi connectivity index (χ0v) is 12.6. The van der Waals surface area contributed by atoms with E-state index >= 15 is 0 Å². The lowest BCUT2D eigenvalue weighted by Crippen LogP contribution is -2.53. The van der Waals surface area contributed by atoms with E-state index in [1.807, 2.05) is 0 Å². The molecule has 3 fully saturated rings. The smallest absolute Gasteiger partial charge is 0.0555 e. The van der Waals surface area contributed by atoms with Gasteiger partial charge in [-0.3, -0.25) is 4.90 Å². The zero-order valence-electron chi connectivity index (χ0n) is 12.6. The lowest BCUT2D eigenvalue weighted by atomic mass is 9.67. The number of nitrogens with zero attached hydrogens (tertiary/aromatic N) is 1. The Morgan fingerprint density at radius 1 is 1.05 bits per heavy atom. The zero-order chi connectivity index (χ0) is 13.3. The molecule has 2 aliphatic carbocycles. The largest absolute Gasteiger partial charge is 0.393 e. The molecule has 1 saturated heterocycles. The van der Waals surface area contributed by atoms with E-state index in [2.05, 4.69) is 11.8 Å². The summed E-state index contributed by atoms with van der Waals surface area (Å²) in [6.07, 6.45) is 13.2. The van der Waals surface area contributed by atoms with Crippen LogP contribution in [0.15, 0.2) is 0 Å². The van der Waals surface area contributed by atoms with Crippen LogP contribution in [-0.4, -0.2) is 35.2 Å². The molecule has 3 aliphatic rings. The highest BCUT2D eigenvalue weighted by atomic mass is 16.3. The number of hydrogen-bond acceptors (Lipinski definition) is 2. The Balaban J connectivity index is 1.69. The van der Waals surface area contributed by atoms with Gasteiger partial charge in [-0.15, -0.1) is 0 Å². The number of aliphatic hydroxyl groups excluding tert-OH is 1. The Hall–Kier alpha value is -0.0800. The Labute approximate surface area is 118 Å². The SMILES string of the molecule is CCC1CCN(C2CC(O)CCC23CCCC3)CC1. The summed E-state index contributed by atoms with van der Waals surface area (Å²) in [6, 6.07) is 0.691. The first kappa shape index (κ1) is 13.9. The van der Waals surface area contributed by atoms with Crippen molar-refractivity contribution in [2.45, 2.75) is 83.3 Å². The molecule has 1 spiro atoms. The molecular weight excluding hydrogens is 234 g/mol. The van der Waals surface area contributed by atoms with Gasteiger partial charge < -0.3 is 5.11 Å². The molecule has 0 aromatic carbocycles. The maximum Gasteiger partial charge on any atom is 0.0555 e. The van der Waals surface area contributed by atoms with Crippen molar-refractivity contribution in [3.05, 3.63) is 0 Å². The minimum atomic E-state index is -0.0277. The number of likely N-dealkylation sites (tertiary alicyclic amines) is 1. The van der Waals surface area contributed by atoms with Crippen LogP contribution >= 0.6 is 0 Å². The van der Waals surface area contributed by atoms with Crippen molar-refractivity contribution in [2.75, 3.05) is 13.1 Å². The average molecular weight is 265 g/mol. The van der Waals surface area contributed by atoms with Gasteiger partial charge >= 0.3 is 0 Å². The quantitative estimate of drug-likeness (QED) is 0.825. The van der Waals surface area contributed by atoms with E-state index in [-0.39, 0.29) is 6.10 Å². The summed E-state index contributed by atoms with van der Waals surface area (Å²) in [5.41, 5.74) is 0.582. The molecule has 19 heavy (non-hydrogen) atoms. The molecule has 0 radical (unpaired) electrons. The maximum atomic E-state index is 10.1. The first-order chi connectivity index (χ1) is 9.23. The van der Waals surface area contributed by atoms with E-state index < -0.39 is 0 Å². The first-order valence-electron chi connectivity index (χ1n) is 8.65. The highest BCUT2D eigenvalue weighted by Crippen LogP contribution is 2.51. The van der Waals surface area contributed by atoms with Crippen molar-refractivity contribution in [1.29, 1.82) is 0 Å². The van der Waals surface area contributed by atoms with Crippen molar-refractivity contribution < 1.29 is 5.11 Å². The molecule has 0 amide bonds.